The van der Waals surface area contributed by atoms with Crippen LogP contribution in [0.15, 0.2) is 29.3 Å². The minimum absolute atomic E-state index is 0.317. The Kier molecular flexibility index (Phi) is 9.82. The lowest BCUT2D eigenvalue weighted by Crippen LogP contribution is -2.40. The molecule has 2 rings (SSSR count). The van der Waals surface area contributed by atoms with Gasteiger partial charge in [-0.05, 0) is 70.4 Å². The van der Waals surface area contributed by atoms with E-state index in [1.165, 1.54) is 12.8 Å². The van der Waals surface area contributed by atoms with Crippen LogP contribution in [0, 0.1) is 5.41 Å². The molecule has 0 spiro atoms. The van der Waals surface area contributed by atoms with E-state index in [1.807, 2.05) is 39.8 Å². The van der Waals surface area contributed by atoms with Crippen molar-refractivity contribution in [2.24, 2.45) is 10.4 Å². The molecule has 7 nitrogen and oxygen atoms in total. The highest BCUT2D eigenvalue weighted by molar-refractivity contribution is 5.79. The number of amides is 1. The highest BCUT2D eigenvalue weighted by atomic mass is 16.6. The zero-order chi connectivity index (χ0) is 23.6. The number of carbonyl (C=O) groups is 1. The molecule has 2 N–H and O–H groups in total. The van der Waals surface area contributed by atoms with Crippen LogP contribution in [0.5, 0.6) is 0 Å². The fraction of sp³-hybridized carbons (Fsp3) is 0.680. The highest BCUT2D eigenvalue weighted by Gasteiger charge is 2.41. The lowest BCUT2D eigenvalue weighted by molar-refractivity contribution is 0.0285. The quantitative estimate of drug-likeness (QED) is 0.301. The van der Waals surface area contributed by atoms with E-state index in [2.05, 4.69) is 29.7 Å². The summed E-state index contributed by atoms with van der Waals surface area (Å²) in [5.74, 6) is 0.851. The van der Waals surface area contributed by atoms with Crippen molar-refractivity contribution in [3.63, 3.8) is 0 Å². The molecule has 1 fully saturated rings. The van der Waals surface area contributed by atoms with E-state index in [0.717, 1.165) is 49.8 Å². The van der Waals surface area contributed by atoms with Crippen LogP contribution in [-0.2, 0) is 22.6 Å². The Morgan fingerprint density at radius 2 is 1.78 bits per heavy atom. The lowest BCUT2D eigenvalue weighted by Gasteiger charge is -2.24. The van der Waals surface area contributed by atoms with Crippen LogP contribution < -0.4 is 10.6 Å². The molecular formula is C25H42N4O3. The van der Waals surface area contributed by atoms with Gasteiger partial charge in [-0.3, -0.25) is 0 Å². The normalized spacial score (nSPS) is 15.2. The van der Waals surface area contributed by atoms with Gasteiger partial charge in [-0.2, -0.15) is 0 Å². The van der Waals surface area contributed by atoms with Gasteiger partial charge >= 0.3 is 6.09 Å². The number of hydrogen-bond donors (Lipinski definition) is 2. The van der Waals surface area contributed by atoms with Crippen molar-refractivity contribution in [1.29, 1.82) is 0 Å². The molecule has 7 heteroatoms. The zero-order valence-corrected chi connectivity index (χ0v) is 20.8. The summed E-state index contributed by atoms with van der Waals surface area (Å²) < 4.78 is 10.9. The van der Waals surface area contributed by atoms with Crippen molar-refractivity contribution in [2.45, 2.75) is 72.6 Å². The van der Waals surface area contributed by atoms with Gasteiger partial charge in [0.05, 0.1) is 6.54 Å². The van der Waals surface area contributed by atoms with Crippen molar-refractivity contribution in [1.82, 2.24) is 15.5 Å². The summed E-state index contributed by atoms with van der Waals surface area (Å²) >= 11 is 0. The van der Waals surface area contributed by atoms with Gasteiger partial charge in [0.25, 0.3) is 0 Å². The molecular weight excluding hydrogens is 404 g/mol. The molecule has 0 aromatic heterocycles. The summed E-state index contributed by atoms with van der Waals surface area (Å²) in [4.78, 5) is 18.5. The molecule has 0 radical (unpaired) electrons. The largest absolute Gasteiger partial charge is 0.444 e. The van der Waals surface area contributed by atoms with E-state index in [-0.39, 0.29) is 6.09 Å². The molecule has 1 amide bonds. The van der Waals surface area contributed by atoms with Crippen molar-refractivity contribution < 1.29 is 14.3 Å². The standard InChI is InChI=1S/C25H42N4O3/c1-7-26-22(28-19-25(13-14-25)15-16-31-8-2)27-17-20-9-11-21(12-10-20)18-29(6)23(30)32-24(3,4)5/h9-12H,7-8,13-19H2,1-6H3,(H2,26,27,28). The summed E-state index contributed by atoms with van der Waals surface area (Å²) in [5, 5.41) is 6.85. The second-order valence-electron chi connectivity index (χ2n) is 9.65. The van der Waals surface area contributed by atoms with Gasteiger partial charge in [-0.1, -0.05) is 24.3 Å². The number of hydrogen-bond acceptors (Lipinski definition) is 4. The summed E-state index contributed by atoms with van der Waals surface area (Å²) in [6.45, 7) is 14.2. The van der Waals surface area contributed by atoms with Crippen LogP contribution in [0.1, 0.15) is 65.0 Å². The Balaban J connectivity index is 1.85. The number of carbonyl (C=O) groups excluding carboxylic acids is 1. The predicted molar refractivity (Wildman–Crippen MR) is 130 cm³/mol. The van der Waals surface area contributed by atoms with Crippen molar-refractivity contribution >= 4 is 12.1 Å². The predicted octanol–water partition coefficient (Wildman–Crippen LogP) is 4.32. The Morgan fingerprint density at radius 3 is 2.34 bits per heavy atom. The van der Waals surface area contributed by atoms with Crippen LogP contribution in [0.3, 0.4) is 0 Å². The number of ether oxygens (including phenoxy) is 2. The Morgan fingerprint density at radius 1 is 1.12 bits per heavy atom. The average molecular weight is 447 g/mol. The van der Waals surface area contributed by atoms with Gasteiger partial charge < -0.3 is 25.0 Å². The van der Waals surface area contributed by atoms with Gasteiger partial charge in [-0.25, -0.2) is 9.79 Å². The maximum absolute atomic E-state index is 12.1. The third kappa shape index (κ3) is 9.47. The van der Waals surface area contributed by atoms with E-state index < -0.39 is 5.60 Å². The molecule has 1 aromatic rings. The van der Waals surface area contributed by atoms with E-state index in [4.69, 9.17) is 14.5 Å². The molecule has 180 valence electrons. The first-order chi connectivity index (χ1) is 15.2. The Hall–Kier alpha value is -2.28. The minimum Gasteiger partial charge on any atom is -0.444 e. The maximum atomic E-state index is 12.1. The topological polar surface area (TPSA) is 75.2 Å². The van der Waals surface area contributed by atoms with E-state index in [9.17, 15) is 4.79 Å². The van der Waals surface area contributed by atoms with E-state index in [1.54, 1.807) is 11.9 Å². The van der Waals surface area contributed by atoms with Crippen LogP contribution in [0.25, 0.3) is 0 Å². The molecule has 0 bridgehead atoms. The van der Waals surface area contributed by atoms with E-state index >= 15 is 0 Å². The fourth-order valence-electron chi connectivity index (χ4n) is 3.34. The average Bonchev–Trinajstić information content (AvgIpc) is 3.50. The third-order valence-electron chi connectivity index (χ3n) is 5.48. The number of rotatable bonds is 11. The van der Waals surface area contributed by atoms with Gasteiger partial charge in [0.1, 0.15) is 5.60 Å². The number of nitrogens with one attached hydrogen (secondary N) is 2. The molecule has 1 saturated carbocycles. The lowest BCUT2D eigenvalue weighted by atomic mass is 10.0. The monoisotopic (exact) mass is 446 g/mol. The van der Waals surface area contributed by atoms with Crippen molar-refractivity contribution in [3.05, 3.63) is 35.4 Å². The first kappa shape index (κ1) is 26.0. The molecule has 0 saturated heterocycles. The highest BCUT2D eigenvalue weighted by Crippen LogP contribution is 2.48. The van der Waals surface area contributed by atoms with Gasteiger partial charge in [-0.15, -0.1) is 0 Å². The Labute approximate surface area is 194 Å². The van der Waals surface area contributed by atoms with Gasteiger partial charge in [0, 0.05) is 39.9 Å². The van der Waals surface area contributed by atoms with Crippen LogP contribution in [-0.4, -0.2) is 55.9 Å². The fourth-order valence-corrected chi connectivity index (χ4v) is 3.34. The number of guanidine groups is 1. The number of nitrogens with zero attached hydrogens (tertiary/aromatic N) is 2. The first-order valence-electron chi connectivity index (χ1n) is 11.8. The minimum atomic E-state index is -0.492. The van der Waals surface area contributed by atoms with Crippen LogP contribution in [0.2, 0.25) is 0 Å². The summed E-state index contributed by atoms with van der Waals surface area (Å²) in [6, 6.07) is 8.21. The van der Waals surface area contributed by atoms with E-state index in [0.29, 0.717) is 18.5 Å². The SMILES string of the molecule is CCNC(=NCc1ccc(CN(C)C(=O)OC(C)(C)C)cc1)NCC1(CCOCC)CC1. The molecule has 0 heterocycles. The van der Waals surface area contributed by atoms with Crippen molar-refractivity contribution in [3.8, 4) is 0 Å². The number of aliphatic imine (C=N–C) groups is 1. The van der Waals surface area contributed by atoms with Crippen LogP contribution in [0.4, 0.5) is 4.79 Å². The molecule has 1 aliphatic carbocycles. The second kappa shape index (κ2) is 12.1. The first-order valence-corrected chi connectivity index (χ1v) is 11.8. The maximum Gasteiger partial charge on any atom is 0.410 e. The summed E-state index contributed by atoms with van der Waals surface area (Å²) in [5.41, 5.74) is 2.06. The molecule has 32 heavy (non-hydrogen) atoms. The smallest absolute Gasteiger partial charge is 0.410 e. The van der Waals surface area contributed by atoms with Gasteiger partial charge in [0.2, 0.25) is 0 Å². The molecule has 0 unspecified atom stereocenters. The molecule has 1 aromatic carbocycles. The summed E-state index contributed by atoms with van der Waals surface area (Å²) in [7, 11) is 1.75. The second-order valence-corrected chi connectivity index (χ2v) is 9.65. The molecule has 0 atom stereocenters. The van der Waals surface area contributed by atoms with Crippen molar-refractivity contribution in [2.75, 3.05) is 33.4 Å². The van der Waals surface area contributed by atoms with Gasteiger partial charge in [0.15, 0.2) is 5.96 Å². The molecule has 0 aliphatic heterocycles. The third-order valence-corrected chi connectivity index (χ3v) is 5.48. The summed E-state index contributed by atoms with van der Waals surface area (Å²) in [6.07, 6.45) is 3.30. The number of benzene rings is 1. The van der Waals surface area contributed by atoms with Crippen LogP contribution >= 0.6 is 0 Å². The Bertz CT molecular complexity index is 737. The molecule has 1 aliphatic rings. The zero-order valence-electron chi connectivity index (χ0n) is 20.8.